The van der Waals surface area contributed by atoms with Gasteiger partial charge in [0, 0.05) is 21.1 Å². The van der Waals surface area contributed by atoms with Crippen molar-refractivity contribution in [1.82, 2.24) is 5.10 Å². The minimum absolute atomic E-state index is 0.0811. The fraction of sp³-hybridized carbons (Fsp3) is 0.850. The normalized spacial score (nSPS) is 14.0. The highest BCUT2D eigenvalue weighted by Gasteiger charge is 2.39. The second kappa shape index (κ2) is 9.40. The Hall–Kier alpha value is 0.294. The van der Waals surface area contributed by atoms with E-state index in [1.165, 1.54) is 15.3 Å². The molecule has 1 N–H and O–H groups in total. The van der Waals surface area contributed by atoms with Gasteiger partial charge < -0.3 is 9.16 Å². The minimum atomic E-state index is -1.72. The van der Waals surface area contributed by atoms with Gasteiger partial charge in [0.2, 0.25) is 5.69 Å². The van der Waals surface area contributed by atoms with Crippen LogP contribution >= 0.6 is 22.6 Å². The van der Waals surface area contributed by atoms with E-state index < -0.39 is 16.4 Å². The van der Waals surface area contributed by atoms with E-state index >= 15 is 0 Å². The van der Waals surface area contributed by atoms with Crippen molar-refractivity contribution < 1.29 is 13.8 Å². The summed E-state index contributed by atoms with van der Waals surface area (Å²) < 4.78 is 15.9. The van der Waals surface area contributed by atoms with Crippen LogP contribution in [0.1, 0.15) is 40.3 Å². The van der Waals surface area contributed by atoms with Crippen molar-refractivity contribution in [3.63, 3.8) is 0 Å². The monoisotopic (exact) mass is 525 g/mol. The van der Waals surface area contributed by atoms with E-state index in [9.17, 15) is 0 Å². The predicted octanol–water partition coefficient (Wildman–Crippen LogP) is 5.81. The Morgan fingerprint density at radius 1 is 1.07 bits per heavy atom. The van der Waals surface area contributed by atoms with Gasteiger partial charge in [-0.3, -0.25) is 0 Å². The summed E-state index contributed by atoms with van der Waals surface area (Å²) in [5.41, 5.74) is 1.39. The van der Waals surface area contributed by atoms with E-state index in [2.05, 4.69) is 106 Å². The molecule has 0 radical (unpaired) electrons. The number of nitrogens with one attached hydrogen (secondary N) is 1. The second-order valence-electron chi connectivity index (χ2n) is 11.2. The molecule has 0 fully saturated rings. The highest BCUT2D eigenvalue weighted by Crippen LogP contribution is 2.38. The molecule has 0 bridgehead atoms. The number of H-pyrrole nitrogens is 1. The highest BCUT2D eigenvalue weighted by molar-refractivity contribution is 14.1. The Bertz CT molecular complexity index is 602. The maximum Gasteiger partial charge on any atom is 0.276 e. The van der Waals surface area contributed by atoms with Crippen LogP contribution in [0.5, 0.6) is 0 Å². The third kappa shape index (κ3) is 8.68. The summed E-state index contributed by atoms with van der Waals surface area (Å²) in [4.78, 5) is 0. The SMILES string of the molecule is CC(C)(CO[Si](C)(C)C(C)(C)C)Cc1c(I)c[nH][n+]1COCC[Si](C)(C)C. The molecule has 0 aliphatic carbocycles. The van der Waals surface area contributed by atoms with Crippen molar-refractivity contribution in [1.29, 1.82) is 0 Å². The van der Waals surface area contributed by atoms with E-state index in [1.807, 2.05) is 0 Å². The van der Waals surface area contributed by atoms with Crippen molar-refractivity contribution in [3.8, 4) is 0 Å². The summed E-state index contributed by atoms with van der Waals surface area (Å²) in [6.45, 7) is 25.6. The molecule has 0 unspecified atom stereocenters. The summed E-state index contributed by atoms with van der Waals surface area (Å²) in [6, 6.07) is 1.20. The van der Waals surface area contributed by atoms with Gasteiger partial charge in [-0.25, -0.2) is 0 Å². The van der Waals surface area contributed by atoms with Crippen LogP contribution in [0.25, 0.3) is 0 Å². The van der Waals surface area contributed by atoms with Crippen molar-refractivity contribution >= 4 is 39.0 Å². The molecule has 0 amide bonds. The second-order valence-corrected chi connectivity index (χ2v) is 22.8. The molecular weight excluding hydrogens is 483 g/mol. The summed E-state index contributed by atoms with van der Waals surface area (Å²) >= 11 is 2.42. The van der Waals surface area contributed by atoms with Gasteiger partial charge >= 0.3 is 0 Å². The average Bonchev–Trinajstić information content (AvgIpc) is 2.80. The maximum atomic E-state index is 6.51. The molecule has 0 atom stereocenters. The number of hydrogen-bond acceptors (Lipinski definition) is 2. The van der Waals surface area contributed by atoms with Crippen molar-refractivity contribution in [2.75, 3.05) is 13.2 Å². The molecule has 7 heteroatoms. The summed E-state index contributed by atoms with van der Waals surface area (Å²) in [7, 11) is -2.77. The van der Waals surface area contributed by atoms with E-state index in [0.717, 1.165) is 19.6 Å². The van der Waals surface area contributed by atoms with Gasteiger partial charge in [0.25, 0.3) is 6.73 Å². The number of nitrogens with zero attached hydrogens (tertiary/aromatic N) is 1. The molecule has 0 spiro atoms. The first-order chi connectivity index (χ1) is 12.0. The lowest BCUT2D eigenvalue weighted by atomic mass is 9.89. The Kier molecular flexibility index (Phi) is 8.82. The van der Waals surface area contributed by atoms with Crippen LogP contribution < -0.4 is 4.68 Å². The lowest BCUT2D eigenvalue weighted by Crippen LogP contribution is -2.45. The molecule has 4 nitrogen and oxygen atoms in total. The number of aromatic nitrogens is 2. The lowest BCUT2D eigenvalue weighted by Gasteiger charge is -2.38. The highest BCUT2D eigenvalue weighted by atomic mass is 127. The fourth-order valence-corrected chi connectivity index (χ4v) is 4.91. The first-order valence-electron chi connectivity index (χ1n) is 10.0. The largest absolute Gasteiger partial charge is 0.416 e. The molecule has 1 heterocycles. The van der Waals surface area contributed by atoms with Crippen LogP contribution in [0.15, 0.2) is 6.20 Å². The minimum Gasteiger partial charge on any atom is -0.416 e. The quantitative estimate of drug-likeness (QED) is 0.181. The molecule has 27 heavy (non-hydrogen) atoms. The Balaban J connectivity index is 2.70. The summed E-state index contributed by atoms with van der Waals surface area (Å²) in [5.74, 6) is 0. The van der Waals surface area contributed by atoms with Crippen LogP contribution in [-0.4, -0.2) is 34.7 Å². The van der Waals surface area contributed by atoms with E-state index in [1.54, 1.807) is 0 Å². The zero-order chi connectivity index (χ0) is 21.1. The molecule has 158 valence electrons. The molecule has 1 aromatic rings. The zero-order valence-electron chi connectivity index (χ0n) is 19.3. The Labute approximate surface area is 183 Å². The van der Waals surface area contributed by atoms with Crippen LogP contribution in [0.4, 0.5) is 0 Å². The number of halogens is 1. The topological polar surface area (TPSA) is 38.1 Å². The third-order valence-electron chi connectivity index (χ3n) is 5.44. The molecule has 0 aliphatic rings. The third-order valence-corrected chi connectivity index (χ3v) is 12.6. The van der Waals surface area contributed by atoms with Crippen LogP contribution in [0, 0.1) is 8.99 Å². The van der Waals surface area contributed by atoms with Crippen molar-refractivity contribution in [2.24, 2.45) is 5.41 Å². The molecule has 0 saturated carbocycles. The molecule has 0 aromatic carbocycles. The van der Waals surface area contributed by atoms with Gasteiger partial charge in [-0.2, -0.15) is 5.10 Å². The van der Waals surface area contributed by atoms with Gasteiger partial charge in [-0.05, 0) is 52.2 Å². The van der Waals surface area contributed by atoms with Crippen LogP contribution in [0.2, 0.25) is 43.8 Å². The van der Waals surface area contributed by atoms with E-state index in [-0.39, 0.29) is 10.5 Å². The molecular formula is C20H42IN2O2Si2+. The van der Waals surface area contributed by atoms with E-state index in [4.69, 9.17) is 9.16 Å². The first-order valence-corrected chi connectivity index (χ1v) is 17.7. The number of hydrogen-bond donors (Lipinski definition) is 1. The summed E-state index contributed by atoms with van der Waals surface area (Å²) in [6.07, 6.45) is 3.04. The fourth-order valence-electron chi connectivity index (χ4n) is 2.35. The van der Waals surface area contributed by atoms with Gasteiger partial charge in [-0.15, -0.1) is 0 Å². The zero-order valence-corrected chi connectivity index (χ0v) is 23.4. The number of ether oxygens (including phenoxy) is 1. The number of aromatic amines is 1. The molecule has 1 aromatic heterocycles. The van der Waals surface area contributed by atoms with Gasteiger partial charge in [0.05, 0.1) is 12.8 Å². The van der Waals surface area contributed by atoms with Gasteiger partial charge in [0.15, 0.2) is 8.32 Å². The molecule has 1 rings (SSSR count). The number of rotatable bonds is 10. The molecule has 0 aliphatic heterocycles. The standard InChI is InChI=1S/C20H41IN2O2Si2/c1-19(2,3)27(9,10)25-15-20(4,5)13-18-17(21)14-22-23(18)16-24-11-12-26(6,7)8/h14H,11-13,15-16H2,1-10H3/p+1. The van der Waals surface area contributed by atoms with Crippen molar-refractivity contribution in [3.05, 3.63) is 15.5 Å². The summed E-state index contributed by atoms with van der Waals surface area (Å²) in [5, 5.41) is 3.60. The average molecular weight is 526 g/mol. The van der Waals surface area contributed by atoms with E-state index in [0.29, 0.717) is 6.73 Å². The van der Waals surface area contributed by atoms with Gasteiger partial charge in [0.1, 0.15) is 3.57 Å². The van der Waals surface area contributed by atoms with Crippen molar-refractivity contribution in [2.45, 2.75) is 91.6 Å². The van der Waals surface area contributed by atoms with Gasteiger partial charge in [-0.1, -0.05) is 58.9 Å². The lowest BCUT2D eigenvalue weighted by molar-refractivity contribution is -0.787. The van der Waals surface area contributed by atoms with Crippen LogP contribution in [-0.2, 0) is 22.3 Å². The Morgan fingerprint density at radius 2 is 1.67 bits per heavy atom. The maximum absolute atomic E-state index is 6.51. The molecule has 0 saturated heterocycles. The predicted molar refractivity (Wildman–Crippen MR) is 128 cm³/mol. The van der Waals surface area contributed by atoms with Crippen LogP contribution in [0.3, 0.4) is 0 Å². The Morgan fingerprint density at radius 3 is 2.19 bits per heavy atom. The smallest absolute Gasteiger partial charge is 0.276 e. The first kappa shape index (κ1) is 25.3.